The first-order valence-corrected chi connectivity index (χ1v) is 11.6. The first-order valence-electron chi connectivity index (χ1n) is 11.6. The average Bonchev–Trinajstić information content (AvgIpc) is 3.05. The zero-order chi connectivity index (χ0) is 20.5. The lowest BCUT2D eigenvalue weighted by molar-refractivity contribution is 0.191. The van der Waals surface area contributed by atoms with Gasteiger partial charge in [-0.05, 0) is 71.0 Å². The monoisotopic (exact) mass is 533 g/mol. The Morgan fingerprint density at radius 2 is 1.93 bits per heavy atom. The van der Waals surface area contributed by atoms with Gasteiger partial charge in [-0.25, -0.2) is 9.48 Å². The van der Waals surface area contributed by atoms with Crippen LogP contribution in [0.1, 0.15) is 58.2 Å². The van der Waals surface area contributed by atoms with Crippen LogP contribution >= 0.6 is 24.0 Å². The van der Waals surface area contributed by atoms with Crippen molar-refractivity contribution in [3.05, 3.63) is 16.3 Å². The van der Waals surface area contributed by atoms with Gasteiger partial charge >= 0.3 is 5.69 Å². The number of fused-ring (bicyclic) bond motifs is 1. The van der Waals surface area contributed by atoms with Crippen molar-refractivity contribution < 1.29 is 0 Å². The number of guanidine groups is 1. The van der Waals surface area contributed by atoms with E-state index in [1.54, 1.807) is 4.68 Å². The Kier molecular flexibility index (Phi) is 11.2. The summed E-state index contributed by atoms with van der Waals surface area (Å²) in [6.07, 6.45) is 7.76. The molecule has 30 heavy (non-hydrogen) atoms. The van der Waals surface area contributed by atoms with Crippen LogP contribution in [0, 0.1) is 5.92 Å². The van der Waals surface area contributed by atoms with Crippen LogP contribution in [0.25, 0.3) is 0 Å². The zero-order valence-corrected chi connectivity index (χ0v) is 21.1. The van der Waals surface area contributed by atoms with E-state index in [-0.39, 0.29) is 29.7 Å². The van der Waals surface area contributed by atoms with Crippen LogP contribution in [0.5, 0.6) is 0 Å². The molecule has 2 N–H and O–H groups in total. The minimum atomic E-state index is 0. The second-order valence-corrected chi connectivity index (χ2v) is 8.45. The second kappa shape index (κ2) is 13.3. The molecule has 0 atom stereocenters. The standard InChI is InChI=1S/C21H39N7O.HI/c1-3-22-20(23-11-6-13-26-16-9-18(2)10-17-26)24-12-7-15-28-21(29)27-14-5-4-8-19(27)25-28;/h18H,3-17H2,1-2H3,(H2,22,23,24);1H. The molecule has 0 saturated carbocycles. The van der Waals surface area contributed by atoms with Gasteiger partial charge in [0.25, 0.3) is 0 Å². The number of hydrogen-bond acceptors (Lipinski definition) is 4. The largest absolute Gasteiger partial charge is 0.357 e. The van der Waals surface area contributed by atoms with Crippen LogP contribution in [0.2, 0.25) is 0 Å². The van der Waals surface area contributed by atoms with Gasteiger partial charge < -0.3 is 15.5 Å². The molecular formula is C21H40IN7O. The molecule has 3 rings (SSSR count). The second-order valence-electron chi connectivity index (χ2n) is 8.45. The number of nitrogens with zero attached hydrogens (tertiary/aromatic N) is 5. The summed E-state index contributed by atoms with van der Waals surface area (Å²) in [5.74, 6) is 2.71. The Balaban J connectivity index is 0.00000320. The van der Waals surface area contributed by atoms with E-state index >= 15 is 0 Å². The fourth-order valence-corrected chi connectivity index (χ4v) is 4.14. The minimum Gasteiger partial charge on any atom is -0.357 e. The number of rotatable bonds is 9. The third-order valence-electron chi connectivity index (χ3n) is 5.99. The van der Waals surface area contributed by atoms with E-state index in [9.17, 15) is 4.79 Å². The van der Waals surface area contributed by atoms with Crippen LogP contribution in [-0.4, -0.2) is 64.5 Å². The van der Waals surface area contributed by atoms with Crippen LogP contribution < -0.4 is 16.3 Å². The molecule has 1 saturated heterocycles. The summed E-state index contributed by atoms with van der Waals surface area (Å²) in [7, 11) is 0. The van der Waals surface area contributed by atoms with Crippen molar-refractivity contribution in [2.24, 2.45) is 10.9 Å². The van der Waals surface area contributed by atoms with Crippen molar-refractivity contribution >= 4 is 29.9 Å². The van der Waals surface area contributed by atoms with Gasteiger partial charge in [-0.2, -0.15) is 5.10 Å². The lowest BCUT2D eigenvalue weighted by Crippen LogP contribution is -2.40. The summed E-state index contributed by atoms with van der Waals surface area (Å²) >= 11 is 0. The number of likely N-dealkylation sites (tertiary alicyclic amines) is 1. The number of piperidine rings is 1. The normalized spacial score (nSPS) is 18.0. The Morgan fingerprint density at radius 1 is 1.13 bits per heavy atom. The van der Waals surface area contributed by atoms with E-state index in [1.807, 2.05) is 4.57 Å². The molecule has 1 fully saturated rings. The first-order chi connectivity index (χ1) is 14.2. The summed E-state index contributed by atoms with van der Waals surface area (Å²) in [4.78, 5) is 19.6. The smallest absolute Gasteiger partial charge is 0.345 e. The number of halogens is 1. The summed E-state index contributed by atoms with van der Waals surface area (Å²) < 4.78 is 3.46. The van der Waals surface area contributed by atoms with Gasteiger partial charge in [0, 0.05) is 39.1 Å². The fourth-order valence-electron chi connectivity index (χ4n) is 4.14. The number of nitrogens with one attached hydrogen (secondary N) is 2. The Bertz CT molecular complexity index is 707. The maximum atomic E-state index is 12.4. The molecule has 1 aromatic rings. The fraction of sp³-hybridized carbons (Fsp3) is 0.857. The van der Waals surface area contributed by atoms with Gasteiger partial charge in [0.2, 0.25) is 0 Å². The van der Waals surface area contributed by atoms with Crippen LogP contribution in [0.3, 0.4) is 0 Å². The number of aliphatic imine (C=N–C) groups is 1. The molecule has 2 aliphatic rings. The van der Waals surface area contributed by atoms with E-state index in [0.29, 0.717) is 13.1 Å². The molecule has 0 aromatic carbocycles. The van der Waals surface area contributed by atoms with Crippen molar-refractivity contribution in [3.8, 4) is 0 Å². The third-order valence-corrected chi connectivity index (χ3v) is 5.99. The highest BCUT2D eigenvalue weighted by Gasteiger charge is 2.16. The van der Waals surface area contributed by atoms with E-state index in [0.717, 1.165) is 76.0 Å². The van der Waals surface area contributed by atoms with E-state index < -0.39 is 0 Å². The summed E-state index contributed by atoms with van der Waals surface area (Å²) in [6, 6.07) is 0. The van der Waals surface area contributed by atoms with Gasteiger partial charge in [0.1, 0.15) is 5.82 Å². The number of aromatic nitrogens is 3. The van der Waals surface area contributed by atoms with Crippen molar-refractivity contribution in [1.29, 1.82) is 0 Å². The molecule has 1 aromatic heterocycles. The molecule has 2 aliphatic heterocycles. The van der Waals surface area contributed by atoms with Gasteiger partial charge in [-0.3, -0.25) is 9.56 Å². The van der Waals surface area contributed by atoms with E-state index in [1.165, 1.54) is 25.9 Å². The van der Waals surface area contributed by atoms with Crippen LogP contribution in [-0.2, 0) is 19.5 Å². The number of hydrogen-bond donors (Lipinski definition) is 2. The summed E-state index contributed by atoms with van der Waals surface area (Å²) in [5.41, 5.74) is 0.0424. The maximum Gasteiger partial charge on any atom is 0.345 e. The summed E-state index contributed by atoms with van der Waals surface area (Å²) in [5, 5.41) is 11.3. The molecule has 0 spiro atoms. The van der Waals surface area contributed by atoms with Crippen molar-refractivity contribution in [2.45, 2.75) is 71.9 Å². The molecule has 0 unspecified atom stereocenters. The van der Waals surface area contributed by atoms with Crippen LogP contribution in [0.4, 0.5) is 0 Å². The Hall–Kier alpha value is -1.10. The zero-order valence-electron chi connectivity index (χ0n) is 18.7. The molecule has 8 nitrogen and oxygen atoms in total. The lowest BCUT2D eigenvalue weighted by atomic mass is 9.99. The van der Waals surface area contributed by atoms with Crippen molar-refractivity contribution in [2.75, 3.05) is 39.3 Å². The lowest BCUT2D eigenvalue weighted by Gasteiger charge is -2.30. The third kappa shape index (κ3) is 7.55. The molecule has 172 valence electrons. The number of aryl methyl sites for hydroxylation is 2. The van der Waals surface area contributed by atoms with E-state index in [2.05, 4.69) is 39.5 Å². The van der Waals surface area contributed by atoms with Crippen molar-refractivity contribution in [3.63, 3.8) is 0 Å². The Morgan fingerprint density at radius 3 is 2.67 bits per heavy atom. The maximum absolute atomic E-state index is 12.4. The Labute approximate surface area is 197 Å². The predicted molar refractivity (Wildman–Crippen MR) is 133 cm³/mol. The first kappa shape index (κ1) is 25.2. The minimum absolute atomic E-state index is 0. The molecular weight excluding hydrogens is 493 g/mol. The van der Waals surface area contributed by atoms with Gasteiger partial charge in [-0.1, -0.05) is 6.92 Å². The molecule has 0 radical (unpaired) electrons. The highest BCUT2D eigenvalue weighted by Crippen LogP contribution is 2.15. The molecule has 3 heterocycles. The summed E-state index contributed by atoms with van der Waals surface area (Å²) in [6.45, 7) is 12.0. The SMILES string of the molecule is CCNC(=NCCCn1nc2n(c1=O)CCCC2)NCCCN1CCC(C)CC1.I. The van der Waals surface area contributed by atoms with Gasteiger partial charge in [-0.15, -0.1) is 24.0 Å². The van der Waals surface area contributed by atoms with Gasteiger partial charge in [0.05, 0.1) is 0 Å². The van der Waals surface area contributed by atoms with Crippen LogP contribution in [0.15, 0.2) is 9.79 Å². The molecule has 0 bridgehead atoms. The highest BCUT2D eigenvalue weighted by molar-refractivity contribution is 14.0. The van der Waals surface area contributed by atoms with Crippen molar-refractivity contribution in [1.82, 2.24) is 29.9 Å². The molecule has 0 aliphatic carbocycles. The van der Waals surface area contributed by atoms with E-state index in [4.69, 9.17) is 0 Å². The van der Waals surface area contributed by atoms with Gasteiger partial charge in [0.15, 0.2) is 5.96 Å². The molecule has 9 heteroatoms. The molecule has 0 amide bonds. The predicted octanol–water partition coefficient (Wildman–Crippen LogP) is 2.07. The topological polar surface area (TPSA) is 79.5 Å². The average molecular weight is 534 g/mol. The quantitative estimate of drug-likeness (QED) is 0.220. The highest BCUT2D eigenvalue weighted by atomic mass is 127.